The van der Waals surface area contributed by atoms with Gasteiger partial charge in [0.15, 0.2) is 5.60 Å². The summed E-state index contributed by atoms with van der Waals surface area (Å²) < 4.78 is 23.6. The smallest absolute Gasteiger partial charge is 0.871 e. The average molecular weight is 1150 g/mol. The zero-order valence-electron chi connectivity index (χ0n) is 38.5. The van der Waals surface area contributed by atoms with Crippen LogP contribution in [0.4, 0.5) is 17.1 Å². The van der Waals surface area contributed by atoms with E-state index in [1.807, 2.05) is 0 Å². The third-order valence-corrected chi connectivity index (χ3v) is 10.4. The van der Waals surface area contributed by atoms with E-state index in [0.29, 0.717) is 0 Å². The Morgan fingerprint density at radius 1 is 0.586 bits per heavy atom. The van der Waals surface area contributed by atoms with E-state index in [0.717, 1.165) is 21.9 Å². The summed E-state index contributed by atoms with van der Waals surface area (Å²) in [5.74, 6) is -9.55. The van der Waals surface area contributed by atoms with Gasteiger partial charge in [-0.15, -0.1) is 0 Å². The largest absolute Gasteiger partial charge is 1.00 e. The number of hydrogen-bond donors (Lipinski definition) is 1. The van der Waals surface area contributed by atoms with E-state index >= 15 is 0 Å². The van der Waals surface area contributed by atoms with Crippen LogP contribution < -0.4 is 368 Å². The normalized spacial score (nSPS) is 11.7. The van der Waals surface area contributed by atoms with Crippen LogP contribution >= 0.6 is 23.2 Å². The van der Waals surface area contributed by atoms with Gasteiger partial charge in [0.05, 0.1) is 67.0 Å². The third kappa shape index (κ3) is 16.7. The molecule has 0 saturated heterocycles. The molecule has 1 spiro atoms. The summed E-state index contributed by atoms with van der Waals surface area (Å²) in [5.41, 5.74) is -1.47. The Balaban J connectivity index is 0.00000408. The molecule has 5 aromatic carbocycles. The van der Waals surface area contributed by atoms with Gasteiger partial charge >= 0.3 is 314 Å². The quantitative estimate of drug-likeness (QED) is 0.0514. The number of nitrogens with zero attached hydrogens (tertiary/aromatic N) is 2. The van der Waals surface area contributed by atoms with Gasteiger partial charge in [0, 0.05) is 44.1 Å². The molecule has 0 atom stereocenters. The Morgan fingerprint density at radius 3 is 1.56 bits per heavy atom. The Kier molecular flexibility index (Phi) is 31.5. The van der Waals surface area contributed by atoms with Gasteiger partial charge in [-0.1, -0.05) is 52.9 Å². The first kappa shape index (κ1) is 69.9. The monoisotopic (exact) mass is 1140 g/mol. The van der Waals surface area contributed by atoms with Crippen LogP contribution in [0.3, 0.4) is 0 Å². The Bertz CT molecular complexity index is 2700. The molecule has 0 radical (unpaired) electrons. The number of esters is 1. The number of aliphatic carboxylic acids is 4. The molecule has 0 bridgehead atoms. The number of para-hydroxylation sites is 2. The fourth-order valence-corrected chi connectivity index (χ4v) is 7.58. The first-order valence-electron chi connectivity index (χ1n) is 18.6. The van der Waals surface area contributed by atoms with E-state index in [1.54, 1.807) is 0 Å². The van der Waals surface area contributed by atoms with Crippen molar-refractivity contribution in [3.05, 3.63) is 123 Å². The van der Waals surface area contributed by atoms with Gasteiger partial charge in [-0.05, 0) is 60.7 Å². The molecule has 7 rings (SSSR count). The standard InChI is InChI=1S/C43H33Cl2N3O16.6K/c44-27-13-25-34(15-31(27)49)63-35-16-32(50)28(45)14-26(35)43(25)24-7-5-21(11-23(24)42(60)64-43)41(59)46-22-6-8-30(48(19-39(55)56)20-40(57)58)36(12-22)62-10-9-61-33-4-2-1-3-29(33)47(17-37(51)52)18-38(53)54;;;;;;/h1-8,11-16,49-50H,9-10,17-20H2,(H,46,59)(H,51,52)(H,53,54)(H,55,56)(H,57,58);;;;;;/q;6*+1/p-6. The number of nitrogens with one attached hydrogen (secondary N) is 1. The van der Waals surface area contributed by atoms with Crippen molar-refractivity contribution in [1.29, 1.82) is 0 Å². The van der Waals surface area contributed by atoms with Crippen molar-refractivity contribution in [2.75, 3.05) is 54.5 Å². The number of carbonyl (C=O) groups is 6. The first-order valence-corrected chi connectivity index (χ1v) is 19.4. The molecule has 19 nitrogen and oxygen atoms in total. The minimum absolute atomic E-state index is 0. The Morgan fingerprint density at radius 2 is 1.06 bits per heavy atom. The predicted octanol–water partition coefficient (Wildman–Crippen LogP) is -18.9. The fourth-order valence-electron chi connectivity index (χ4n) is 7.25. The van der Waals surface area contributed by atoms with E-state index in [1.165, 1.54) is 72.8 Å². The number of carbonyl (C=O) groups excluding carboxylic acids is 6. The molecule has 2 heterocycles. The van der Waals surface area contributed by atoms with Crippen molar-refractivity contribution in [3.63, 3.8) is 0 Å². The maximum absolute atomic E-state index is 13.8. The Labute approximate surface area is 664 Å². The van der Waals surface area contributed by atoms with Gasteiger partial charge in [0.1, 0.15) is 36.2 Å². The minimum atomic E-state index is -1.82. The molecule has 330 valence electrons. The van der Waals surface area contributed by atoms with Gasteiger partial charge in [-0.2, -0.15) is 0 Å². The van der Waals surface area contributed by atoms with Crippen LogP contribution in [0.1, 0.15) is 37.4 Å². The first-order chi connectivity index (χ1) is 30.4. The van der Waals surface area contributed by atoms with Gasteiger partial charge in [0.2, 0.25) is 0 Å². The van der Waals surface area contributed by atoms with Crippen molar-refractivity contribution in [2.45, 2.75) is 5.60 Å². The van der Waals surface area contributed by atoms with Gasteiger partial charge < -0.3 is 83.9 Å². The van der Waals surface area contributed by atoms with Crippen LogP contribution in [0, 0.1) is 0 Å². The number of anilines is 3. The summed E-state index contributed by atoms with van der Waals surface area (Å²) in [5, 5.41) is 73.1. The van der Waals surface area contributed by atoms with Crippen LogP contribution in [-0.2, 0) is 29.5 Å². The van der Waals surface area contributed by atoms with Crippen molar-refractivity contribution in [2.24, 2.45) is 0 Å². The summed E-state index contributed by atoms with van der Waals surface area (Å²) in [7, 11) is 0. The number of amides is 1. The summed E-state index contributed by atoms with van der Waals surface area (Å²) in [4.78, 5) is 75.2. The molecular formula is C43H27Cl2K6N3O16. The molecule has 70 heavy (non-hydrogen) atoms. The van der Waals surface area contributed by atoms with E-state index in [-0.39, 0.29) is 399 Å². The van der Waals surface area contributed by atoms with Crippen molar-refractivity contribution in [3.8, 4) is 34.5 Å². The number of halogens is 2. The number of ether oxygens (including phenoxy) is 4. The summed E-state index contributed by atoms with van der Waals surface area (Å²) in [6, 6.07) is 18.4. The maximum Gasteiger partial charge on any atom is 1.00 e. The summed E-state index contributed by atoms with van der Waals surface area (Å²) in [6.07, 6.45) is 0. The average Bonchev–Trinajstić information content (AvgIpc) is 3.51. The molecule has 1 amide bonds. The van der Waals surface area contributed by atoms with Crippen molar-refractivity contribution < 1.29 is 387 Å². The number of carboxylic acids is 4. The number of hydrogen-bond acceptors (Lipinski definition) is 18. The number of rotatable bonds is 17. The number of fused-ring (bicyclic) bond motifs is 6. The molecule has 27 heteroatoms. The molecular weight excluding hydrogens is 1120 g/mol. The molecule has 5 aromatic rings. The van der Waals surface area contributed by atoms with Crippen molar-refractivity contribution >= 4 is 76.0 Å². The second-order valence-electron chi connectivity index (χ2n) is 14.0. The van der Waals surface area contributed by atoms with E-state index in [4.69, 9.17) is 42.1 Å². The van der Waals surface area contributed by atoms with Gasteiger partial charge in [0.25, 0.3) is 5.91 Å². The Hall–Kier alpha value is 1.92. The molecule has 2 aliphatic rings. The van der Waals surface area contributed by atoms with Crippen LogP contribution in [0.25, 0.3) is 0 Å². The molecule has 0 fully saturated rings. The topological polar surface area (TPSA) is 296 Å². The third-order valence-electron chi connectivity index (χ3n) is 9.82. The van der Waals surface area contributed by atoms with Crippen LogP contribution in [0.15, 0.2) is 84.9 Å². The van der Waals surface area contributed by atoms with Crippen LogP contribution in [0.2, 0.25) is 10.0 Å². The minimum Gasteiger partial charge on any atom is -0.871 e. The van der Waals surface area contributed by atoms with Crippen LogP contribution in [-0.4, -0.2) is 75.1 Å². The maximum atomic E-state index is 13.8. The molecule has 0 aromatic heterocycles. The zero-order valence-corrected chi connectivity index (χ0v) is 58.8. The van der Waals surface area contributed by atoms with E-state index < -0.39 is 79.0 Å². The SMILES string of the molecule is O=C([O-])CN(CC(=O)[O-])c1ccccc1OCCOc1cc(NC(=O)c2ccc3c(c2)C(=O)OC32c3cc(Cl)c([O-])cc3Oc3cc([O-])c(Cl)cc32)ccc1N(CC(=O)[O-])CC(=O)[O-].[K+].[K+].[K+].[K+].[K+].[K+]. The van der Waals surface area contributed by atoms with Crippen LogP contribution in [0.5, 0.6) is 34.5 Å². The molecule has 0 saturated carbocycles. The summed E-state index contributed by atoms with van der Waals surface area (Å²) >= 11 is 12.5. The van der Waals surface area contributed by atoms with Gasteiger partial charge in [-0.3, -0.25) is 4.79 Å². The number of benzene rings is 5. The van der Waals surface area contributed by atoms with E-state index in [9.17, 15) is 59.4 Å². The van der Waals surface area contributed by atoms with E-state index in [2.05, 4.69) is 5.32 Å². The zero-order chi connectivity index (χ0) is 46.0. The second-order valence-corrected chi connectivity index (χ2v) is 14.8. The molecule has 0 aliphatic carbocycles. The molecule has 2 aliphatic heterocycles. The number of carboxylic acid groups (broad SMARTS) is 4. The van der Waals surface area contributed by atoms with Crippen molar-refractivity contribution in [1.82, 2.24) is 0 Å². The summed E-state index contributed by atoms with van der Waals surface area (Å²) in [6.45, 7) is -4.09. The fraction of sp³-hybridized carbons (Fsp3) is 0.163. The molecule has 0 unspecified atom stereocenters. The second kappa shape index (κ2) is 31.5. The van der Waals surface area contributed by atoms with Gasteiger partial charge in [-0.25, -0.2) is 4.79 Å². The predicted molar refractivity (Wildman–Crippen MR) is 210 cm³/mol. The molecule has 1 N–H and O–H groups in total.